The van der Waals surface area contributed by atoms with Gasteiger partial charge in [0.25, 0.3) is 0 Å². The standard InChI is InChI=1S/C13H15ClN4O/c1-8-11(14)6-17-18(8)7-9-3-4-10(13(15)16)12(5-9)19-2/h3-6H,7H2,1-2H3,(H3,15,16). The van der Waals surface area contributed by atoms with E-state index in [1.807, 2.05) is 23.7 Å². The molecule has 0 saturated heterocycles. The maximum absolute atomic E-state index is 7.47. The van der Waals surface area contributed by atoms with Gasteiger partial charge < -0.3 is 10.5 Å². The van der Waals surface area contributed by atoms with Gasteiger partial charge in [0, 0.05) is 0 Å². The van der Waals surface area contributed by atoms with Crippen LogP contribution >= 0.6 is 11.6 Å². The number of rotatable bonds is 4. The molecule has 0 aliphatic carbocycles. The first-order chi connectivity index (χ1) is 9.02. The molecule has 0 unspecified atom stereocenters. The molecule has 5 nitrogen and oxygen atoms in total. The maximum atomic E-state index is 7.47. The average Bonchev–Trinajstić information content (AvgIpc) is 2.70. The minimum atomic E-state index is -0.0123. The van der Waals surface area contributed by atoms with E-state index < -0.39 is 0 Å². The van der Waals surface area contributed by atoms with Gasteiger partial charge in [0.05, 0.1) is 36.1 Å². The summed E-state index contributed by atoms with van der Waals surface area (Å²) in [7, 11) is 1.56. The highest BCUT2D eigenvalue weighted by atomic mass is 35.5. The van der Waals surface area contributed by atoms with Crippen LogP contribution in [-0.4, -0.2) is 22.7 Å². The summed E-state index contributed by atoms with van der Waals surface area (Å²) in [6, 6.07) is 5.52. The minimum Gasteiger partial charge on any atom is -0.496 e. The number of nitrogens with zero attached hydrogens (tertiary/aromatic N) is 2. The molecule has 6 heteroatoms. The summed E-state index contributed by atoms with van der Waals surface area (Å²) in [5, 5.41) is 12.3. The molecule has 0 aliphatic rings. The van der Waals surface area contributed by atoms with E-state index in [2.05, 4.69) is 5.10 Å². The molecular formula is C13H15ClN4O. The first-order valence-electron chi connectivity index (χ1n) is 5.72. The van der Waals surface area contributed by atoms with E-state index in [0.29, 0.717) is 22.9 Å². The van der Waals surface area contributed by atoms with E-state index in [-0.39, 0.29) is 5.84 Å². The van der Waals surface area contributed by atoms with E-state index in [4.69, 9.17) is 27.5 Å². The Kier molecular flexibility index (Phi) is 3.76. The second kappa shape index (κ2) is 5.32. The second-order valence-electron chi connectivity index (χ2n) is 4.18. The van der Waals surface area contributed by atoms with Crippen molar-refractivity contribution in [3.63, 3.8) is 0 Å². The van der Waals surface area contributed by atoms with Gasteiger partial charge in [-0.15, -0.1) is 0 Å². The highest BCUT2D eigenvalue weighted by molar-refractivity contribution is 6.31. The molecule has 0 atom stereocenters. The molecule has 0 amide bonds. The highest BCUT2D eigenvalue weighted by Gasteiger charge is 2.09. The Balaban J connectivity index is 2.31. The molecular weight excluding hydrogens is 264 g/mol. The number of hydrogen-bond acceptors (Lipinski definition) is 3. The molecule has 0 saturated carbocycles. The Hall–Kier alpha value is -2.01. The molecule has 100 valence electrons. The zero-order chi connectivity index (χ0) is 14.0. The molecule has 1 aromatic carbocycles. The number of nitrogen functional groups attached to an aromatic ring is 1. The first kappa shape index (κ1) is 13.4. The van der Waals surface area contributed by atoms with Crippen molar-refractivity contribution >= 4 is 17.4 Å². The van der Waals surface area contributed by atoms with Gasteiger partial charge >= 0.3 is 0 Å². The number of halogens is 1. The van der Waals surface area contributed by atoms with Crippen LogP contribution in [0, 0.1) is 12.3 Å². The van der Waals surface area contributed by atoms with E-state index in [0.717, 1.165) is 11.3 Å². The largest absolute Gasteiger partial charge is 0.496 e. The zero-order valence-electron chi connectivity index (χ0n) is 10.8. The molecule has 0 fully saturated rings. The van der Waals surface area contributed by atoms with Crippen LogP contribution in [-0.2, 0) is 6.54 Å². The fourth-order valence-electron chi connectivity index (χ4n) is 1.81. The summed E-state index contributed by atoms with van der Waals surface area (Å²) in [5.74, 6) is 0.572. The van der Waals surface area contributed by atoms with Crippen LogP contribution in [0.1, 0.15) is 16.8 Å². The molecule has 0 radical (unpaired) electrons. The lowest BCUT2D eigenvalue weighted by Gasteiger charge is -2.10. The summed E-state index contributed by atoms with van der Waals surface area (Å²) in [5.41, 5.74) is 7.99. The van der Waals surface area contributed by atoms with Crippen LogP contribution in [0.4, 0.5) is 0 Å². The molecule has 3 N–H and O–H groups in total. The molecule has 2 aromatic rings. The molecule has 1 heterocycles. The van der Waals surface area contributed by atoms with Crippen LogP contribution in [0.5, 0.6) is 5.75 Å². The SMILES string of the molecule is COc1cc(Cn2ncc(Cl)c2C)ccc1C(=N)N. The van der Waals surface area contributed by atoms with Gasteiger partial charge in [-0.1, -0.05) is 17.7 Å². The number of amidine groups is 1. The monoisotopic (exact) mass is 278 g/mol. The molecule has 0 spiro atoms. The van der Waals surface area contributed by atoms with Crippen LogP contribution < -0.4 is 10.5 Å². The van der Waals surface area contributed by atoms with Gasteiger partial charge in [-0.05, 0) is 24.6 Å². The van der Waals surface area contributed by atoms with E-state index in [1.54, 1.807) is 19.4 Å². The Bertz CT molecular complexity index is 621. The third-order valence-corrected chi connectivity index (χ3v) is 3.30. The zero-order valence-corrected chi connectivity index (χ0v) is 11.5. The quantitative estimate of drug-likeness (QED) is 0.665. The van der Waals surface area contributed by atoms with Crippen molar-refractivity contribution in [2.75, 3.05) is 7.11 Å². The van der Waals surface area contributed by atoms with E-state index in [9.17, 15) is 0 Å². The topological polar surface area (TPSA) is 76.9 Å². The Morgan fingerprint density at radius 3 is 2.79 bits per heavy atom. The smallest absolute Gasteiger partial charge is 0.130 e. The number of ether oxygens (including phenoxy) is 1. The lowest BCUT2D eigenvalue weighted by Crippen LogP contribution is -2.13. The predicted molar refractivity (Wildman–Crippen MR) is 75.1 cm³/mol. The maximum Gasteiger partial charge on any atom is 0.130 e. The number of benzene rings is 1. The van der Waals surface area contributed by atoms with E-state index in [1.165, 1.54) is 0 Å². The average molecular weight is 279 g/mol. The number of aromatic nitrogens is 2. The number of hydrogen-bond donors (Lipinski definition) is 2. The van der Waals surface area contributed by atoms with Crippen molar-refractivity contribution in [1.82, 2.24) is 9.78 Å². The van der Waals surface area contributed by atoms with Gasteiger partial charge in [-0.3, -0.25) is 10.1 Å². The van der Waals surface area contributed by atoms with Crippen molar-refractivity contribution in [2.24, 2.45) is 5.73 Å². The number of nitrogens with one attached hydrogen (secondary N) is 1. The lowest BCUT2D eigenvalue weighted by atomic mass is 10.1. The van der Waals surface area contributed by atoms with Crippen molar-refractivity contribution in [2.45, 2.75) is 13.5 Å². The van der Waals surface area contributed by atoms with Crippen LogP contribution in [0.2, 0.25) is 5.02 Å². The van der Waals surface area contributed by atoms with Gasteiger partial charge in [-0.2, -0.15) is 5.10 Å². The number of methoxy groups -OCH3 is 1. The second-order valence-corrected chi connectivity index (χ2v) is 4.59. The van der Waals surface area contributed by atoms with Crippen molar-refractivity contribution in [3.8, 4) is 5.75 Å². The summed E-state index contributed by atoms with van der Waals surface area (Å²) >= 11 is 5.97. The van der Waals surface area contributed by atoms with Gasteiger partial charge in [-0.25, -0.2) is 0 Å². The summed E-state index contributed by atoms with van der Waals surface area (Å²) in [6.07, 6.45) is 1.62. The first-order valence-corrected chi connectivity index (χ1v) is 6.10. The molecule has 1 aromatic heterocycles. The third-order valence-electron chi connectivity index (χ3n) is 2.93. The van der Waals surface area contributed by atoms with Crippen LogP contribution in [0.25, 0.3) is 0 Å². The summed E-state index contributed by atoms with van der Waals surface area (Å²) < 4.78 is 7.05. The summed E-state index contributed by atoms with van der Waals surface area (Å²) in [4.78, 5) is 0. The normalized spacial score (nSPS) is 10.5. The van der Waals surface area contributed by atoms with Crippen molar-refractivity contribution in [1.29, 1.82) is 5.41 Å². The Morgan fingerprint density at radius 1 is 1.53 bits per heavy atom. The molecule has 19 heavy (non-hydrogen) atoms. The Labute approximate surface area is 116 Å². The summed E-state index contributed by atoms with van der Waals surface area (Å²) in [6.45, 7) is 2.50. The molecule has 0 aliphatic heterocycles. The number of nitrogens with two attached hydrogens (primary N) is 1. The van der Waals surface area contributed by atoms with Crippen molar-refractivity contribution < 1.29 is 4.74 Å². The van der Waals surface area contributed by atoms with Crippen LogP contribution in [0.3, 0.4) is 0 Å². The lowest BCUT2D eigenvalue weighted by molar-refractivity contribution is 0.413. The fraction of sp³-hybridized carbons (Fsp3) is 0.231. The molecule has 0 bridgehead atoms. The van der Waals surface area contributed by atoms with Gasteiger partial charge in [0.15, 0.2) is 0 Å². The third kappa shape index (κ3) is 2.71. The Morgan fingerprint density at radius 2 is 2.26 bits per heavy atom. The van der Waals surface area contributed by atoms with Crippen LogP contribution in [0.15, 0.2) is 24.4 Å². The predicted octanol–water partition coefficient (Wildman–Crippen LogP) is 2.19. The van der Waals surface area contributed by atoms with Gasteiger partial charge in [0.2, 0.25) is 0 Å². The van der Waals surface area contributed by atoms with Gasteiger partial charge in [0.1, 0.15) is 11.6 Å². The minimum absolute atomic E-state index is 0.0123. The molecule has 2 rings (SSSR count). The van der Waals surface area contributed by atoms with Crippen molar-refractivity contribution in [3.05, 3.63) is 46.2 Å². The van der Waals surface area contributed by atoms with E-state index >= 15 is 0 Å². The fourth-order valence-corrected chi connectivity index (χ4v) is 1.95. The highest BCUT2D eigenvalue weighted by Crippen LogP contribution is 2.21.